The van der Waals surface area contributed by atoms with Crippen LogP contribution in [-0.4, -0.2) is 46.6 Å². The van der Waals surface area contributed by atoms with Gasteiger partial charge in [0.1, 0.15) is 10.5 Å². The molecule has 1 aliphatic heterocycles. The van der Waals surface area contributed by atoms with Crippen LogP contribution in [0.25, 0.3) is 0 Å². The molecule has 0 aromatic carbocycles. The molecule has 7 heteroatoms. The molecule has 6 nitrogen and oxygen atoms in total. The molecule has 0 spiro atoms. The zero-order valence-corrected chi connectivity index (χ0v) is 15.0. The van der Waals surface area contributed by atoms with Crippen molar-refractivity contribution in [2.24, 2.45) is 0 Å². The number of nitrogens with zero attached hydrogens (tertiary/aromatic N) is 2. The van der Waals surface area contributed by atoms with Gasteiger partial charge in [-0.15, -0.1) is 11.3 Å². The molecule has 23 heavy (non-hydrogen) atoms. The van der Waals surface area contributed by atoms with Gasteiger partial charge in [0.2, 0.25) is 0 Å². The maximum Gasteiger partial charge on any atom is 0.407 e. The van der Waals surface area contributed by atoms with Gasteiger partial charge in [-0.3, -0.25) is 4.79 Å². The number of ether oxygens (including phenoxy) is 1. The van der Waals surface area contributed by atoms with E-state index in [1.165, 1.54) is 11.3 Å². The van der Waals surface area contributed by atoms with Gasteiger partial charge >= 0.3 is 6.09 Å². The second-order valence-corrected chi connectivity index (χ2v) is 7.80. The Bertz CT molecular complexity index is 557. The number of carbonyl (C=O) groups is 2. The van der Waals surface area contributed by atoms with E-state index in [1.807, 2.05) is 32.6 Å². The summed E-state index contributed by atoms with van der Waals surface area (Å²) in [5.41, 5.74) is -0.496. The number of carbonyl (C=O) groups excluding carboxylic acids is 2. The molecule has 1 fully saturated rings. The highest BCUT2D eigenvalue weighted by molar-refractivity contribution is 7.13. The normalized spacial score (nSPS) is 16.3. The van der Waals surface area contributed by atoms with Crippen molar-refractivity contribution in [3.05, 3.63) is 16.1 Å². The predicted molar refractivity (Wildman–Crippen MR) is 89.8 cm³/mol. The highest BCUT2D eigenvalue weighted by atomic mass is 32.1. The lowest BCUT2D eigenvalue weighted by Gasteiger charge is -2.32. The second-order valence-electron chi connectivity index (χ2n) is 6.68. The van der Waals surface area contributed by atoms with Crippen molar-refractivity contribution in [2.45, 2.75) is 58.6 Å². The van der Waals surface area contributed by atoms with Gasteiger partial charge in [-0.05, 0) is 40.0 Å². The number of hydrogen-bond donors (Lipinski definition) is 1. The molecule has 2 heterocycles. The lowest BCUT2D eigenvalue weighted by atomic mass is 10.1. The SMILES string of the molecule is CCc1ncc(C(=O)N2CCC(NC(=O)OC(C)(C)C)CC2)s1. The highest BCUT2D eigenvalue weighted by Crippen LogP contribution is 2.19. The number of aryl methyl sites for hydroxylation is 1. The lowest BCUT2D eigenvalue weighted by molar-refractivity contribution is 0.0474. The number of piperidine rings is 1. The molecule has 1 saturated heterocycles. The molecule has 1 aromatic heterocycles. The largest absolute Gasteiger partial charge is 0.444 e. The highest BCUT2D eigenvalue weighted by Gasteiger charge is 2.27. The molecule has 1 N–H and O–H groups in total. The molecule has 0 atom stereocenters. The van der Waals surface area contributed by atoms with Crippen LogP contribution in [0.3, 0.4) is 0 Å². The number of thiazole rings is 1. The first-order chi connectivity index (χ1) is 10.8. The number of aromatic nitrogens is 1. The van der Waals surface area contributed by atoms with Gasteiger partial charge in [0.25, 0.3) is 5.91 Å². The van der Waals surface area contributed by atoms with E-state index >= 15 is 0 Å². The third-order valence-electron chi connectivity index (χ3n) is 3.57. The number of nitrogens with one attached hydrogen (secondary N) is 1. The van der Waals surface area contributed by atoms with Crippen molar-refractivity contribution in [3.63, 3.8) is 0 Å². The fourth-order valence-electron chi connectivity index (χ4n) is 2.43. The van der Waals surface area contributed by atoms with Crippen LogP contribution in [0, 0.1) is 0 Å². The van der Waals surface area contributed by atoms with E-state index in [9.17, 15) is 9.59 Å². The maximum atomic E-state index is 12.4. The summed E-state index contributed by atoms with van der Waals surface area (Å²) < 4.78 is 5.26. The molecule has 2 amide bonds. The monoisotopic (exact) mass is 339 g/mol. The van der Waals surface area contributed by atoms with Crippen molar-refractivity contribution in [3.8, 4) is 0 Å². The van der Waals surface area contributed by atoms with E-state index in [2.05, 4.69) is 10.3 Å². The molecule has 0 saturated carbocycles. The smallest absolute Gasteiger partial charge is 0.407 e. The Labute approximate surface area is 141 Å². The van der Waals surface area contributed by atoms with Crippen molar-refractivity contribution < 1.29 is 14.3 Å². The van der Waals surface area contributed by atoms with Gasteiger partial charge in [0.15, 0.2) is 0 Å². The Balaban J connectivity index is 1.81. The molecule has 0 unspecified atom stereocenters. The van der Waals surface area contributed by atoms with Crippen molar-refractivity contribution in [2.75, 3.05) is 13.1 Å². The van der Waals surface area contributed by atoms with Crippen LogP contribution < -0.4 is 5.32 Å². The minimum absolute atomic E-state index is 0.0397. The summed E-state index contributed by atoms with van der Waals surface area (Å²) in [5, 5.41) is 3.86. The third kappa shape index (κ3) is 5.20. The first-order valence-electron chi connectivity index (χ1n) is 8.02. The zero-order chi connectivity index (χ0) is 17.0. The molecule has 1 aliphatic rings. The maximum absolute atomic E-state index is 12.4. The Hall–Kier alpha value is -1.63. The Morgan fingerprint density at radius 2 is 2.04 bits per heavy atom. The van der Waals surface area contributed by atoms with Gasteiger partial charge in [-0.1, -0.05) is 6.92 Å². The van der Waals surface area contributed by atoms with Crippen molar-refractivity contribution in [1.29, 1.82) is 0 Å². The van der Waals surface area contributed by atoms with Crippen LogP contribution in [-0.2, 0) is 11.2 Å². The van der Waals surface area contributed by atoms with Gasteiger partial charge < -0.3 is 15.0 Å². The van der Waals surface area contributed by atoms with Crippen LogP contribution in [0.5, 0.6) is 0 Å². The van der Waals surface area contributed by atoms with Crippen LogP contribution in [0.15, 0.2) is 6.20 Å². The van der Waals surface area contributed by atoms with Gasteiger partial charge in [-0.2, -0.15) is 0 Å². The Morgan fingerprint density at radius 1 is 1.39 bits per heavy atom. The van der Waals surface area contributed by atoms with E-state index in [0.717, 1.165) is 24.3 Å². The summed E-state index contributed by atoms with van der Waals surface area (Å²) in [5.74, 6) is 0.0397. The van der Waals surface area contributed by atoms with E-state index in [1.54, 1.807) is 6.20 Å². The molecule has 0 bridgehead atoms. The molecule has 0 radical (unpaired) electrons. The van der Waals surface area contributed by atoms with Crippen molar-refractivity contribution in [1.82, 2.24) is 15.2 Å². The summed E-state index contributed by atoms with van der Waals surface area (Å²) in [6.07, 6.45) is 3.60. The van der Waals surface area contributed by atoms with Gasteiger partial charge in [-0.25, -0.2) is 9.78 Å². The standard InChI is InChI=1S/C16H25N3O3S/c1-5-13-17-10-12(23-13)14(20)19-8-6-11(7-9-19)18-15(21)22-16(2,3)4/h10-11H,5-9H2,1-4H3,(H,18,21). The third-order valence-corrected chi connectivity index (χ3v) is 4.70. The number of alkyl carbamates (subject to hydrolysis) is 1. The minimum Gasteiger partial charge on any atom is -0.444 e. The summed E-state index contributed by atoms with van der Waals surface area (Å²) in [6, 6.07) is 0.0570. The molecule has 1 aromatic rings. The van der Waals surface area contributed by atoms with Crippen LogP contribution in [0.4, 0.5) is 4.79 Å². The Kier molecular flexibility index (Phi) is 5.62. The Morgan fingerprint density at radius 3 is 2.57 bits per heavy atom. The van der Waals surface area contributed by atoms with E-state index in [0.29, 0.717) is 18.0 Å². The summed E-state index contributed by atoms with van der Waals surface area (Å²) in [7, 11) is 0. The molecular weight excluding hydrogens is 314 g/mol. The number of likely N-dealkylation sites (tertiary alicyclic amines) is 1. The van der Waals surface area contributed by atoms with Crippen molar-refractivity contribution >= 4 is 23.3 Å². The fraction of sp³-hybridized carbons (Fsp3) is 0.688. The fourth-order valence-corrected chi connectivity index (χ4v) is 3.25. The summed E-state index contributed by atoms with van der Waals surface area (Å²) >= 11 is 1.46. The lowest BCUT2D eigenvalue weighted by Crippen LogP contribution is -2.47. The number of rotatable bonds is 3. The quantitative estimate of drug-likeness (QED) is 0.919. The first kappa shape index (κ1) is 17.7. The molecule has 2 rings (SSSR count). The van der Waals surface area contributed by atoms with E-state index in [-0.39, 0.29) is 11.9 Å². The van der Waals surface area contributed by atoms with E-state index < -0.39 is 11.7 Å². The van der Waals surface area contributed by atoms with Gasteiger partial charge in [0.05, 0.1) is 11.2 Å². The average Bonchev–Trinajstić information content (AvgIpc) is 2.94. The number of amides is 2. The average molecular weight is 339 g/mol. The first-order valence-corrected chi connectivity index (χ1v) is 8.83. The molecular formula is C16H25N3O3S. The van der Waals surface area contributed by atoms with Crippen LogP contribution in [0.2, 0.25) is 0 Å². The minimum atomic E-state index is -0.496. The molecule has 128 valence electrons. The summed E-state index contributed by atoms with van der Waals surface area (Å²) in [4.78, 5) is 31.0. The molecule has 0 aliphatic carbocycles. The van der Waals surface area contributed by atoms with Gasteiger partial charge in [0, 0.05) is 19.1 Å². The predicted octanol–water partition coefficient (Wildman–Crippen LogP) is 2.83. The van der Waals surface area contributed by atoms with Crippen LogP contribution >= 0.6 is 11.3 Å². The van der Waals surface area contributed by atoms with Crippen LogP contribution in [0.1, 0.15) is 55.2 Å². The second kappa shape index (κ2) is 7.29. The topological polar surface area (TPSA) is 71.5 Å². The van der Waals surface area contributed by atoms with E-state index in [4.69, 9.17) is 4.74 Å². The summed E-state index contributed by atoms with van der Waals surface area (Å²) in [6.45, 7) is 8.83. The number of hydrogen-bond acceptors (Lipinski definition) is 5. The zero-order valence-electron chi connectivity index (χ0n) is 14.2.